The topological polar surface area (TPSA) is 59.1 Å². The molecule has 0 saturated heterocycles. The molecule has 4 nitrogen and oxygen atoms in total. The third-order valence-electron chi connectivity index (χ3n) is 2.51. The predicted molar refractivity (Wildman–Crippen MR) is 71.1 cm³/mol. The zero-order valence-corrected chi connectivity index (χ0v) is 10.8. The normalized spacial score (nSPS) is 11.2. The van der Waals surface area contributed by atoms with Crippen molar-refractivity contribution in [2.24, 2.45) is 0 Å². The molecule has 0 atom stereocenters. The third kappa shape index (κ3) is 3.30. The second kappa shape index (κ2) is 5.18. The molecule has 1 aromatic heterocycles. The summed E-state index contributed by atoms with van der Waals surface area (Å²) in [5.41, 5.74) is 1.88. The first-order chi connectivity index (χ1) is 8.55. The lowest BCUT2D eigenvalue weighted by molar-refractivity contribution is 0.602. The van der Waals surface area contributed by atoms with E-state index in [1.807, 2.05) is 18.2 Å². The molecule has 0 aliphatic carbocycles. The number of sulfone groups is 1. The molecule has 2 aromatic rings. The van der Waals surface area contributed by atoms with Crippen molar-refractivity contribution in [1.82, 2.24) is 4.98 Å². The smallest absolute Gasteiger partial charge is 0.175 e. The van der Waals surface area contributed by atoms with Crippen LogP contribution in [0.15, 0.2) is 53.7 Å². The third-order valence-corrected chi connectivity index (χ3v) is 3.62. The maximum absolute atomic E-state index is 11.4. The van der Waals surface area contributed by atoms with Gasteiger partial charge in [-0.2, -0.15) is 0 Å². The first-order valence-corrected chi connectivity index (χ1v) is 7.38. The number of hydrogen-bond donors (Lipinski definition) is 1. The first kappa shape index (κ1) is 12.6. The number of hydrogen-bond acceptors (Lipinski definition) is 4. The summed E-state index contributed by atoms with van der Waals surface area (Å²) in [6, 6.07) is 10.6. The van der Waals surface area contributed by atoms with Gasteiger partial charge in [-0.15, -0.1) is 0 Å². The van der Waals surface area contributed by atoms with Crippen molar-refractivity contribution in [1.29, 1.82) is 0 Å². The van der Waals surface area contributed by atoms with Crippen LogP contribution in [0.5, 0.6) is 0 Å². The van der Waals surface area contributed by atoms with Crippen LogP contribution < -0.4 is 5.32 Å². The molecule has 0 aliphatic rings. The molecule has 0 saturated carbocycles. The summed E-state index contributed by atoms with van der Waals surface area (Å²) in [5.74, 6) is 0. The molecule has 94 valence electrons. The van der Waals surface area contributed by atoms with Gasteiger partial charge in [-0.3, -0.25) is 4.98 Å². The molecule has 0 unspecified atom stereocenters. The van der Waals surface area contributed by atoms with Crippen LogP contribution in [0, 0.1) is 0 Å². The lowest BCUT2D eigenvalue weighted by Gasteiger charge is -2.07. The highest BCUT2D eigenvalue weighted by atomic mass is 32.2. The van der Waals surface area contributed by atoms with Gasteiger partial charge in [0, 0.05) is 30.9 Å². The summed E-state index contributed by atoms with van der Waals surface area (Å²) < 4.78 is 22.8. The van der Waals surface area contributed by atoms with Crippen LogP contribution in [0.25, 0.3) is 0 Å². The van der Waals surface area contributed by atoms with Gasteiger partial charge >= 0.3 is 0 Å². The van der Waals surface area contributed by atoms with Gasteiger partial charge < -0.3 is 5.32 Å². The van der Waals surface area contributed by atoms with Crippen LogP contribution in [0.3, 0.4) is 0 Å². The van der Waals surface area contributed by atoms with E-state index in [2.05, 4.69) is 10.3 Å². The molecule has 18 heavy (non-hydrogen) atoms. The molecule has 1 N–H and O–H groups in total. The molecule has 0 spiro atoms. The molecular formula is C13H14N2O2S. The fourth-order valence-electron chi connectivity index (χ4n) is 1.54. The Hall–Kier alpha value is -1.88. The van der Waals surface area contributed by atoms with E-state index in [4.69, 9.17) is 0 Å². The van der Waals surface area contributed by atoms with Crippen molar-refractivity contribution in [2.75, 3.05) is 11.6 Å². The second-order valence-electron chi connectivity index (χ2n) is 4.01. The number of nitrogens with one attached hydrogen (secondary N) is 1. The standard InChI is InChI=1S/C13H14N2O2S/c1-18(16,17)13-4-2-3-12(9-13)15-10-11-5-7-14-8-6-11/h2-9,15H,10H2,1H3. The van der Waals surface area contributed by atoms with Crippen molar-refractivity contribution in [3.05, 3.63) is 54.4 Å². The number of rotatable bonds is 4. The van der Waals surface area contributed by atoms with Crippen LogP contribution in [0.4, 0.5) is 5.69 Å². The van der Waals surface area contributed by atoms with Crippen molar-refractivity contribution >= 4 is 15.5 Å². The van der Waals surface area contributed by atoms with E-state index in [9.17, 15) is 8.42 Å². The van der Waals surface area contributed by atoms with E-state index >= 15 is 0 Å². The van der Waals surface area contributed by atoms with Gasteiger partial charge in [-0.25, -0.2) is 8.42 Å². The molecule has 2 rings (SSSR count). The summed E-state index contributed by atoms with van der Waals surface area (Å²) >= 11 is 0. The van der Waals surface area contributed by atoms with E-state index in [0.717, 1.165) is 11.3 Å². The fourth-order valence-corrected chi connectivity index (χ4v) is 2.21. The monoisotopic (exact) mass is 262 g/mol. The summed E-state index contributed by atoms with van der Waals surface area (Å²) in [7, 11) is -3.16. The van der Waals surface area contributed by atoms with Crippen LogP contribution >= 0.6 is 0 Å². The van der Waals surface area contributed by atoms with Gasteiger partial charge in [-0.1, -0.05) is 6.07 Å². The lowest BCUT2D eigenvalue weighted by atomic mass is 10.2. The van der Waals surface area contributed by atoms with Gasteiger partial charge in [0.15, 0.2) is 9.84 Å². The molecule has 1 heterocycles. The maximum atomic E-state index is 11.4. The van der Waals surface area contributed by atoms with Crippen LogP contribution in [-0.4, -0.2) is 19.7 Å². The number of anilines is 1. The lowest BCUT2D eigenvalue weighted by Crippen LogP contribution is -2.02. The second-order valence-corrected chi connectivity index (χ2v) is 6.02. The Morgan fingerprint density at radius 3 is 2.56 bits per heavy atom. The molecule has 0 amide bonds. The summed E-state index contributed by atoms with van der Waals surface area (Å²) in [4.78, 5) is 4.26. The zero-order valence-electron chi connectivity index (χ0n) is 10.00. The minimum atomic E-state index is -3.16. The Morgan fingerprint density at radius 1 is 1.17 bits per heavy atom. The highest BCUT2D eigenvalue weighted by Gasteiger charge is 2.06. The Morgan fingerprint density at radius 2 is 1.89 bits per heavy atom. The average molecular weight is 262 g/mol. The number of benzene rings is 1. The molecule has 0 radical (unpaired) electrons. The highest BCUT2D eigenvalue weighted by Crippen LogP contribution is 2.15. The molecule has 0 fully saturated rings. The Bertz CT molecular complexity index is 624. The molecule has 0 aliphatic heterocycles. The van der Waals surface area contributed by atoms with Crippen molar-refractivity contribution in [3.63, 3.8) is 0 Å². The SMILES string of the molecule is CS(=O)(=O)c1cccc(NCc2ccncc2)c1. The van der Waals surface area contributed by atoms with Gasteiger partial charge in [0.05, 0.1) is 4.90 Å². The predicted octanol–water partition coefficient (Wildman–Crippen LogP) is 2.10. The summed E-state index contributed by atoms with van der Waals surface area (Å²) in [6.45, 7) is 0.635. The van der Waals surface area contributed by atoms with E-state index in [1.165, 1.54) is 6.26 Å². The minimum Gasteiger partial charge on any atom is -0.381 e. The summed E-state index contributed by atoms with van der Waals surface area (Å²) in [6.07, 6.45) is 4.66. The van der Waals surface area contributed by atoms with Gasteiger partial charge in [0.25, 0.3) is 0 Å². The van der Waals surface area contributed by atoms with Crippen LogP contribution in [0.2, 0.25) is 0 Å². The fraction of sp³-hybridized carbons (Fsp3) is 0.154. The highest BCUT2D eigenvalue weighted by molar-refractivity contribution is 7.90. The van der Waals surface area contributed by atoms with E-state index in [-0.39, 0.29) is 0 Å². The largest absolute Gasteiger partial charge is 0.381 e. The Labute approximate surface area is 107 Å². The Balaban J connectivity index is 2.11. The molecule has 5 heteroatoms. The molecule has 1 aromatic carbocycles. The number of aromatic nitrogens is 1. The molecular weight excluding hydrogens is 248 g/mol. The maximum Gasteiger partial charge on any atom is 0.175 e. The van der Waals surface area contributed by atoms with Crippen LogP contribution in [0.1, 0.15) is 5.56 Å². The Kier molecular flexibility index (Phi) is 3.62. The first-order valence-electron chi connectivity index (χ1n) is 5.48. The van der Waals surface area contributed by atoms with E-state index < -0.39 is 9.84 Å². The number of nitrogens with zero attached hydrogens (tertiary/aromatic N) is 1. The zero-order chi connectivity index (χ0) is 13.0. The van der Waals surface area contributed by atoms with Crippen molar-refractivity contribution < 1.29 is 8.42 Å². The number of pyridine rings is 1. The quantitative estimate of drug-likeness (QED) is 0.916. The van der Waals surface area contributed by atoms with Gasteiger partial charge in [0.2, 0.25) is 0 Å². The van der Waals surface area contributed by atoms with E-state index in [1.54, 1.807) is 30.6 Å². The summed E-state index contributed by atoms with van der Waals surface area (Å²) in [5, 5.41) is 3.18. The van der Waals surface area contributed by atoms with Gasteiger partial charge in [-0.05, 0) is 35.9 Å². The van der Waals surface area contributed by atoms with E-state index in [0.29, 0.717) is 11.4 Å². The van der Waals surface area contributed by atoms with Gasteiger partial charge in [0.1, 0.15) is 0 Å². The average Bonchev–Trinajstić information content (AvgIpc) is 2.37. The van der Waals surface area contributed by atoms with Crippen molar-refractivity contribution in [2.45, 2.75) is 11.4 Å². The van der Waals surface area contributed by atoms with Crippen molar-refractivity contribution in [3.8, 4) is 0 Å². The molecule has 0 bridgehead atoms. The minimum absolute atomic E-state index is 0.322. The van der Waals surface area contributed by atoms with Crippen LogP contribution in [-0.2, 0) is 16.4 Å².